The fourth-order valence-corrected chi connectivity index (χ4v) is 1.93. The van der Waals surface area contributed by atoms with E-state index in [2.05, 4.69) is 10.5 Å². The maximum absolute atomic E-state index is 12.1. The third kappa shape index (κ3) is 4.07. The number of amides is 1. The van der Waals surface area contributed by atoms with E-state index in [1.54, 1.807) is 6.92 Å². The summed E-state index contributed by atoms with van der Waals surface area (Å²) in [4.78, 5) is 34.3. The van der Waals surface area contributed by atoms with Crippen LogP contribution in [0.2, 0.25) is 5.02 Å². The molecular formula is C14H12ClN3O6. The van der Waals surface area contributed by atoms with Crippen molar-refractivity contribution in [2.45, 2.75) is 20.0 Å². The highest BCUT2D eigenvalue weighted by molar-refractivity contribution is 6.31. The Labute approximate surface area is 140 Å². The van der Waals surface area contributed by atoms with E-state index in [4.69, 9.17) is 20.9 Å². The van der Waals surface area contributed by atoms with Gasteiger partial charge in [0.2, 0.25) is 0 Å². The van der Waals surface area contributed by atoms with Crippen molar-refractivity contribution in [1.29, 1.82) is 0 Å². The number of benzene rings is 1. The molecule has 1 atom stereocenters. The van der Waals surface area contributed by atoms with E-state index in [0.29, 0.717) is 5.76 Å². The number of hydrogen-bond acceptors (Lipinski definition) is 7. The molecule has 24 heavy (non-hydrogen) atoms. The van der Waals surface area contributed by atoms with E-state index in [9.17, 15) is 19.7 Å². The Morgan fingerprint density at radius 3 is 2.71 bits per heavy atom. The first-order chi connectivity index (χ1) is 11.3. The average molecular weight is 354 g/mol. The SMILES string of the molecule is Cc1cc(NC(=O)[C@@H](C)OC(=O)c2cc(Cl)ccc2[N+](=O)[O-])no1. The van der Waals surface area contributed by atoms with Crippen LogP contribution in [0.15, 0.2) is 28.8 Å². The van der Waals surface area contributed by atoms with Gasteiger partial charge >= 0.3 is 5.97 Å². The number of nitro benzene ring substituents is 1. The number of nitro groups is 1. The molecule has 1 aromatic heterocycles. The first-order valence-electron chi connectivity index (χ1n) is 6.67. The molecule has 1 amide bonds. The summed E-state index contributed by atoms with van der Waals surface area (Å²) in [5.41, 5.74) is -0.812. The largest absolute Gasteiger partial charge is 0.449 e. The summed E-state index contributed by atoms with van der Waals surface area (Å²) in [5, 5.41) is 17.0. The quantitative estimate of drug-likeness (QED) is 0.497. The van der Waals surface area contributed by atoms with Crippen LogP contribution in [0.1, 0.15) is 23.0 Å². The average Bonchev–Trinajstić information content (AvgIpc) is 2.91. The van der Waals surface area contributed by atoms with Crippen molar-refractivity contribution in [3.8, 4) is 0 Å². The topological polar surface area (TPSA) is 125 Å². The molecule has 9 nitrogen and oxygen atoms in total. The van der Waals surface area contributed by atoms with Crippen LogP contribution < -0.4 is 5.32 Å². The number of rotatable bonds is 5. The molecular weight excluding hydrogens is 342 g/mol. The fraction of sp³-hybridized carbons (Fsp3) is 0.214. The number of carbonyl (C=O) groups excluding carboxylic acids is 2. The van der Waals surface area contributed by atoms with Crippen LogP contribution in [-0.2, 0) is 9.53 Å². The Hall–Kier alpha value is -2.94. The van der Waals surface area contributed by atoms with Crippen LogP contribution in [0.25, 0.3) is 0 Å². The standard InChI is InChI=1S/C14H12ClN3O6/c1-7-5-12(17-24-7)16-13(19)8(2)23-14(20)10-6-9(15)3-4-11(10)18(21)22/h3-6,8H,1-2H3,(H,16,17,19)/t8-/m1/s1. The van der Waals surface area contributed by atoms with Gasteiger partial charge < -0.3 is 14.6 Å². The molecule has 0 bridgehead atoms. The number of halogens is 1. The molecule has 0 fully saturated rings. The second-order valence-electron chi connectivity index (χ2n) is 4.78. The lowest BCUT2D eigenvalue weighted by molar-refractivity contribution is -0.385. The summed E-state index contributed by atoms with van der Waals surface area (Å²) < 4.78 is 9.74. The number of anilines is 1. The normalized spacial score (nSPS) is 11.6. The number of esters is 1. The molecule has 0 spiro atoms. The van der Waals surface area contributed by atoms with Crippen LogP contribution in [0.5, 0.6) is 0 Å². The zero-order valence-corrected chi connectivity index (χ0v) is 13.4. The van der Waals surface area contributed by atoms with Gasteiger partial charge in [-0.2, -0.15) is 0 Å². The zero-order valence-electron chi connectivity index (χ0n) is 12.6. The molecule has 0 saturated carbocycles. The molecule has 2 rings (SSSR count). The van der Waals surface area contributed by atoms with Gasteiger partial charge in [0.1, 0.15) is 11.3 Å². The van der Waals surface area contributed by atoms with Crippen molar-refractivity contribution < 1.29 is 23.8 Å². The number of aryl methyl sites for hydroxylation is 1. The lowest BCUT2D eigenvalue weighted by Gasteiger charge is -2.12. The highest BCUT2D eigenvalue weighted by Crippen LogP contribution is 2.24. The molecule has 0 aliphatic heterocycles. The lowest BCUT2D eigenvalue weighted by atomic mass is 10.2. The van der Waals surface area contributed by atoms with Crippen molar-refractivity contribution in [2.75, 3.05) is 5.32 Å². The van der Waals surface area contributed by atoms with Crippen molar-refractivity contribution in [3.63, 3.8) is 0 Å². The summed E-state index contributed by atoms with van der Waals surface area (Å²) in [6.45, 7) is 2.96. The van der Waals surface area contributed by atoms with E-state index in [1.807, 2.05) is 0 Å². The summed E-state index contributed by atoms with van der Waals surface area (Å²) in [7, 11) is 0. The van der Waals surface area contributed by atoms with Gasteiger partial charge in [0.25, 0.3) is 11.6 Å². The van der Waals surface area contributed by atoms with E-state index in [1.165, 1.54) is 19.1 Å². The number of aromatic nitrogens is 1. The number of hydrogen-bond donors (Lipinski definition) is 1. The van der Waals surface area contributed by atoms with Crippen LogP contribution in [0.3, 0.4) is 0 Å². The molecule has 0 aliphatic rings. The first kappa shape index (κ1) is 17.4. The lowest BCUT2D eigenvalue weighted by Crippen LogP contribution is -2.30. The molecule has 0 saturated heterocycles. The summed E-state index contributed by atoms with van der Waals surface area (Å²) in [6, 6.07) is 4.95. The van der Waals surface area contributed by atoms with E-state index < -0.39 is 28.6 Å². The fourth-order valence-electron chi connectivity index (χ4n) is 1.76. The third-order valence-electron chi connectivity index (χ3n) is 2.91. The predicted molar refractivity (Wildman–Crippen MR) is 82.9 cm³/mol. The van der Waals surface area contributed by atoms with Crippen molar-refractivity contribution in [1.82, 2.24) is 5.16 Å². The second kappa shape index (κ2) is 7.09. The van der Waals surface area contributed by atoms with Gasteiger partial charge in [0, 0.05) is 17.2 Å². The molecule has 1 N–H and O–H groups in total. The molecule has 0 radical (unpaired) electrons. The molecule has 126 valence electrons. The Balaban J connectivity index is 2.10. The van der Waals surface area contributed by atoms with Crippen LogP contribution >= 0.6 is 11.6 Å². The number of ether oxygens (including phenoxy) is 1. The zero-order chi connectivity index (χ0) is 17.9. The predicted octanol–water partition coefficient (Wildman–Crippen LogP) is 2.73. The van der Waals surface area contributed by atoms with Gasteiger partial charge in [-0.3, -0.25) is 14.9 Å². The summed E-state index contributed by atoms with van der Waals surface area (Å²) >= 11 is 5.75. The van der Waals surface area contributed by atoms with E-state index in [0.717, 1.165) is 12.1 Å². The Morgan fingerprint density at radius 1 is 1.42 bits per heavy atom. The van der Waals surface area contributed by atoms with Crippen molar-refractivity contribution in [3.05, 3.63) is 50.7 Å². The Bertz CT molecular complexity index is 804. The number of nitrogens with zero attached hydrogens (tertiary/aromatic N) is 2. The van der Waals surface area contributed by atoms with Crippen molar-refractivity contribution >= 4 is 35.0 Å². The van der Waals surface area contributed by atoms with Crippen molar-refractivity contribution in [2.24, 2.45) is 0 Å². The first-order valence-corrected chi connectivity index (χ1v) is 7.05. The van der Waals surface area contributed by atoms with Gasteiger partial charge in [0.15, 0.2) is 11.9 Å². The van der Waals surface area contributed by atoms with E-state index in [-0.39, 0.29) is 16.4 Å². The Morgan fingerprint density at radius 2 is 2.12 bits per heavy atom. The van der Waals surface area contributed by atoms with Gasteiger partial charge in [0.05, 0.1) is 4.92 Å². The monoisotopic (exact) mass is 353 g/mol. The minimum Gasteiger partial charge on any atom is -0.449 e. The van der Waals surface area contributed by atoms with Crippen LogP contribution in [0, 0.1) is 17.0 Å². The molecule has 2 aromatic rings. The highest BCUT2D eigenvalue weighted by Gasteiger charge is 2.26. The molecule has 0 unspecified atom stereocenters. The van der Waals surface area contributed by atoms with Crippen LogP contribution in [0.4, 0.5) is 11.5 Å². The summed E-state index contributed by atoms with van der Waals surface area (Å²) in [5.74, 6) is -1.05. The molecule has 1 heterocycles. The molecule has 1 aromatic carbocycles. The summed E-state index contributed by atoms with van der Waals surface area (Å²) in [6.07, 6.45) is -1.21. The van der Waals surface area contributed by atoms with Gasteiger partial charge in [-0.15, -0.1) is 0 Å². The highest BCUT2D eigenvalue weighted by atomic mass is 35.5. The smallest absolute Gasteiger partial charge is 0.345 e. The maximum Gasteiger partial charge on any atom is 0.345 e. The maximum atomic E-state index is 12.1. The number of nitrogens with one attached hydrogen (secondary N) is 1. The van der Waals surface area contributed by atoms with E-state index >= 15 is 0 Å². The second-order valence-corrected chi connectivity index (χ2v) is 5.21. The van der Waals surface area contributed by atoms with Crippen LogP contribution in [-0.4, -0.2) is 28.1 Å². The van der Waals surface area contributed by atoms with Gasteiger partial charge in [-0.25, -0.2) is 4.79 Å². The molecule has 0 aliphatic carbocycles. The minimum absolute atomic E-state index is 0.128. The minimum atomic E-state index is -1.21. The molecule has 10 heteroatoms. The number of carbonyl (C=O) groups is 2. The third-order valence-corrected chi connectivity index (χ3v) is 3.14. The Kier molecular flexibility index (Phi) is 5.14. The van der Waals surface area contributed by atoms with Gasteiger partial charge in [-0.1, -0.05) is 16.8 Å². The van der Waals surface area contributed by atoms with Gasteiger partial charge in [-0.05, 0) is 26.0 Å².